The highest BCUT2D eigenvalue weighted by atomic mass is 16.3. The second-order valence-electron chi connectivity index (χ2n) is 16.6. The monoisotopic (exact) mass is 734 g/mol. The van der Waals surface area contributed by atoms with Crippen LogP contribution in [-0.4, -0.2) is 0 Å². The Bertz CT molecular complexity index is 3030. The largest absolute Gasteiger partial charge is 0.456 e. The molecule has 0 bridgehead atoms. The van der Waals surface area contributed by atoms with Crippen molar-refractivity contribution in [3.63, 3.8) is 0 Å². The Morgan fingerprint density at radius 2 is 0.719 bits per heavy atom. The van der Waals surface area contributed by atoms with Gasteiger partial charge in [0.1, 0.15) is 11.2 Å². The van der Waals surface area contributed by atoms with Crippen molar-refractivity contribution in [3.8, 4) is 22.3 Å². The predicted octanol–water partition coefficient (Wildman–Crippen LogP) is 15.1. The molecule has 0 atom stereocenters. The van der Waals surface area contributed by atoms with Crippen LogP contribution in [0.5, 0.6) is 0 Å². The average molecular weight is 735 g/mol. The highest BCUT2D eigenvalue weighted by Crippen LogP contribution is 2.54. The fraction of sp³-hybridized carbons (Fsp3) is 0.111. The molecular formula is C54H42N2O. The zero-order valence-corrected chi connectivity index (χ0v) is 32.6. The van der Waals surface area contributed by atoms with Gasteiger partial charge in [0.25, 0.3) is 0 Å². The third-order valence-electron chi connectivity index (χ3n) is 12.6. The second-order valence-corrected chi connectivity index (χ2v) is 16.6. The van der Waals surface area contributed by atoms with E-state index >= 15 is 0 Å². The summed E-state index contributed by atoms with van der Waals surface area (Å²) in [6, 6.07) is 66.3. The summed E-state index contributed by atoms with van der Waals surface area (Å²) in [4.78, 5) is 4.78. The van der Waals surface area contributed by atoms with Crippen LogP contribution in [-0.2, 0) is 10.8 Å². The third-order valence-corrected chi connectivity index (χ3v) is 12.6. The normalized spacial score (nSPS) is 14.2. The maximum Gasteiger partial charge on any atom is 0.137 e. The van der Waals surface area contributed by atoms with Gasteiger partial charge in [0.2, 0.25) is 0 Å². The molecule has 3 heteroatoms. The molecule has 0 aliphatic heterocycles. The van der Waals surface area contributed by atoms with Crippen molar-refractivity contribution < 1.29 is 4.42 Å². The van der Waals surface area contributed by atoms with Crippen molar-refractivity contribution in [2.24, 2.45) is 0 Å². The van der Waals surface area contributed by atoms with Crippen molar-refractivity contribution in [3.05, 3.63) is 204 Å². The van der Waals surface area contributed by atoms with E-state index in [1.807, 2.05) is 12.1 Å². The number of para-hydroxylation sites is 3. The van der Waals surface area contributed by atoms with E-state index < -0.39 is 0 Å². The number of hydrogen-bond acceptors (Lipinski definition) is 3. The van der Waals surface area contributed by atoms with Crippen LogP contribution in [0.25, 0.3) is 44.2 Å². The molecule has 274 valence electrons. The lowest BCUT2D eigenvalue weighted by molar-refractivity contribution is 0.660. The molecule has 3 nitrogen and oxygen atoms in total. The number of nitrogens with zero attached hydrogens (tertiary/aromatic N) is 2. The summed E-state index contributed by atoms with van der Waals surface area (Å²) in [6.07, 6.45) is 0. The standard InChI is InChI=1S/C54H42N2O/c1-53(2)47-21-13-11-19-41(47)42-27-23-37(31-48(42)53)55(35-15-7-5-8-16-35)38-24-28-43-44-29-25-39(33-50(44)54(3,4)49(43)32-38)56(36-17-9-6-10-18-36)40-26-30-46-45-20-12-14-22-51(45)57-52(46)34-40/h5-34H,1-4H3. The minimum atomic E-state index is -0.244. The fourth-order valence-electron chi connectivity index (χ4n) is 9.73. The summed E-state index contributed by atoms with van der Waals surface area (Å²) in [7, 11) is 0. The Morgan fingerprint density at radius 3 is 1.28 bits per heavy atom. The second kappa shape index (κ2) is 12.3. The van der Waals surface area contributed by atoms with Crippen LogP contribution in [0.15, 0.2) is 186 Å². The molecule has 2 aliphatic carbocycles. The SMILES string of the molecule is CC1(C)c2ccccc2-c2ccc(N(c3ccccc3)c3ccc4c(c3)C(C)(C)c3cc(N(c5ccccc5)c5ccc6c(c5)oc5ccccc56)ccc3-4)cc21. The predicted molar refractivity (Wildman–Crippen MR) is 238 cm³/mol. The van der Waals surface area contributed by atoms with Crippen LogP contribution in [0.2, 0.25) is 0 Å². The van der Waals surface area contributed by atoms with Crippen molar-refractivity contribution in [1.29, 1.82) is 0 Å². The number of furan rings is 1. The Morgan fingerprint density at radius 1 is 0.316 bits per heavy atom. The minimum Gasteiger partial charge on any atom is -0.456 e. The van der Waals surface area contributed by atoms with Crippen LogP contribution >= 0.6 is 0 Å². The molecule has 2 aliphatic rings. The molecule has 0 amide bonds. The van der Waals surface area contributed by atoms with Gasteiger partial charge in [0.05, 0.1) is 0 Å². The quantitative estimate of drug-likeness (QED) is 0.170. The van der Waals surface area contributed by atoms with E-state index in [-0.39, 0.29) is 10.8 Å². The van der Waals surface area contributed by atoms with Gasteiger partial charge in [-0.25, -0.2) is 0 Å². The van der Waals surface area contributed by atoms with Gasteiger partial charge in [-0.3, -0.25) is 0 Å². The van der Waals surface area contributed by atoms with Crippen molar-refractivity contribution in [2.45, 2.75) is 38.5 Å². The molecule has 0 unspecified atom stereocenters. The first-order valence-corrected chi connectivity index (χ1v) is 19.9. The molecule has 1 heterocycles. The molecule has 11 rings (SSSR count). The minimum absolute atomic E-state index is 0.0883. The topological polar surface area (TPSA) is 19.6 Å². The van der Waals surface area contributed by atoms with E-state index in [0.717, 1.165) is 56.1 Å². The van der Waals surface area contributed by atoms with Crippen molar-refractivity contribution >= 4 is 56.1 Å². The van der Waals surface area contributed by atoms with Gasteiger partial charge in [-0.2, -0.15) is 0 Å². The number of rotatable bonds is 6. The Balaban J connectivity index is 1.01. The van der Waals surface area contributed by atoms with E-state index in [4.69, 9.17) is 4.42 Å². The van der Waals surface area contributed by atoms with Gasteiger partial charge in [0.15, 0.2) is 0 Å². The molecule has 0 saturated heterocycles. The lowest BCUT2D eigenvalue weighted by atomic mass is 9.82. The summed E-state index contributed by atoms with van der Waals surface area (Å²) >= 11 is 0. The molecule has 0 N–H and O–H groups in total. The van der Waals surface area contributed by atoms with E-state index in [1.54, 1.807) is 0 Å². The maximum absolute atomic E-state index is 6.37. The number of anilines is 6. The number of hydrogen-bond donors (Lipinski definition) is 0. The Hall–Kier alpha value is -6.84. The zero-order chi connectivity index (χ0) is 38.5. The molecule has 1 aromatic heterocycles. The molecule has 8 aromatic carbocycles. The van der Waals surface area contributed by atoms with E-state index in [1.165, 1.54) is 44.5 Å². The molecular weight excluding hydrogens is 693 g/mol. The van der Waals surface area contributed by atoms with Crippen LogP contribution in [0.3, 0.4) is 0 Å². The van der Waals surface area contributed by atoms with E-state index in [9.17, 15) is 0 Å². The van der Waals surface area contributed by atoms with Crippen molar-refractivity contribution in [1.82, 2.24) is 0 Å². The Kier molecular flexibility index (Phi) is 7.25. The summed E-state index contributed by atoms with van der Waals surface area (Å²) in [5.74, 6) is 0. The van der Waals surface area contributed by atoms with Crippen LogP contribution in [0.4, 0.5) is 34.1 Å². The van der Waals surface area contributed by atoms with E-state index in [0.29, 0.717) is 0 Å². The van der Waals surface area contributed by atoms with Crippen LogP contribution in [0.1, 0.15) is 49.9 Å². The molecule has 9 aromatic rings. The van der Waals surface area contributed by atoms with Gasteiger partial charge in [-0.1, -0.05) is 125 Å². The molecule has 0 saturated carbocycles. The lowest BCUT2D eigenvalue weighted by Crippen LogP contribution is -2.18. The molecule has 0 radical (unpaired) electrons. The summed E-state index contributed by atoms with van der Waals surface area (Å²) in [5, 5.41) is 2.26. The summed E-state index contributed by atoms with van der Waals surface area (Å²) < 4.78 is 6.37. The molecule has 57 heavy (non-hydrogen) atoms. The highest BCUT2D eigenvalue weighted by Gasteiger charge is 2.38. The van der Waals surface area contributed by atoms with Gasteiger partial charge >= 0.3 is 0 Å². The summed E-state index contributed by atoms with van der Waals surface area (Å²) in [5.41, 5.74) is 18.8. The van der Waals surface area contributed by atoms with Crippen LogP contribution < -0.4 is 9.80 Å². The number of fused-ring (bicyclic) bond motifs is 9. The molecule has 0 fully saturated rings. The summed E-state index contributed by atoms with van der Waals surface area (Å²) in [6.45, 7) is 9.46. The Labute approximate surface area is 334 Å². The highest BCUT2D eigenvalue weighted by molar-refractivity contribution is 6.06. The first kappa shape index (κ1) is 33.5. The molecule has 0 spiro atoms. The first-order chi connectivity index (χ1) is 27.8. The third kappa shape index (κ3) is 5.05. The van der Waals surface area contributed by atoms with Gasteiger partial charge in [0, 0.05) is 61.8 Å². The maximum atomic E-state index is 6.37. The van der Waals surface area contributed by atoms with Gasteiger partial charge in [-0.15, -0.1) is 0 Å². The zero-order valence-electron chi connectivity index (χ0n) is 32.6. The average Bonchev–Trinajstić information content (AvgIpc) is 3.81. The van der Waals surface area contributed by atoms with Crippen molar-refractivity contribution in [2.75, 3.05) is 9.80 Å². The first-order valence-electron chi connectivity index (χ1n) is 19.9. The fourth-order valence-corrected chi connectivity index (χ4v) is 9.73. The number of benzene rings is 8. The van der Waals surface area contributed by atoms with E-state index in [2.05, 4.69) is 207 Å². The lowest BCUT2D eigenvalue weighted by Gasteiger charge is -2.30. The van der Waals surface area contributed by atoms with Gasteiger partial charge in [-0.05, 0) is 123 Å². The van der Waals surface area contributed by atoms with Gasteiger partial charge < -0.3 is 14.2 Å². The van der Waals surface area contributed by atoms with Crippen LogP contribution in [0, 0.1) is 0 Å². The smallest absolute Gasteiger partial charge is 0.137 e.